The maximum absolute atomic E-state index is 5.45. The molecule has 0 saturated carbocycles. The summed E-state index contributed by atoms with van der Waals surface area (Å²) in [6, 6.07) is 0.432. The van der Waals surface area contributed by atoms with Crippen LogP contribution in [0.15, 0.2) is 6.20 Å². The second-order valence-corrected chi connectivity index (χ2v) is 6.34. The third kappa shape index (κ3) is 3.67. The number of nitrogens with zero attached hydrogens (tertiary/aromatic N) is 2. The first-order valence-corrected chi connectivity index (χ1v) is 7.48. The molecule has 18 heavy (non-hydrogen) atoms. The van der Waals surface area contributed by atoms with Crippen molar-refractivity contribution in [3.05, 3.63) is 11.1 Å². The highest BCUT2D eigenvalue weighted by molar-refractivity contribution is 7.15. The van der Waals surface area contributed by atoms with Gasteiger partial charge in [-0.3, -0.25) is 0 Å². The second-order valence-electron chi connectivity index (χ2n) is 5.25. The fourth-order valence-electron chi connectivity index (χ4n) is 2.01. The maximum Gasteiger partial charge on any atom is 0.185 e. The Labute approximate surface area is 113 Å². The van der Waals surface area contributed by atoms with Gasteiger partial charge < -0.3 is 15.0 Å². The highest BCUT2D eigenvalue weighted by atomic mass is 32.1. The predicted molar refractivity (Wildman–Crippen MR) is 76.3 cm³/mol. The number of ether oxygens (including phenoxy) is 1. The summed E-state index contributed by atoms with van der Waals surface area (Å²) >= 11 is 1.79. The lowest BCUT2D eigenvalue weighted by Crippen LogP contribution is -2.43. The fourth-order valence-corrected chi connectivity index (χ4v) is 3.02. The van der Waals surface area contributed by atoms with Crippen molar-refractivity contribution in [1.82, 2.24) is 10.3 Å². The van der Waals surface area contributed by atoms with Crippen molar-refractivity contribution in [2.24, 2.45) is 5.92 Å². The molecule has 0 bridgehead atoms. The van der Waals surface area contributed by atoms with Crippen molar-refractivity contribution in [2.45, 2.75) is 33.4 Å². The molecule has 0 amide bonds. The van der Waals surface area contributed by atoms with Crippen molar-refractivity contribution >= 4 is 16.5 Å². The van der Waals surface area contributed by atoms with E-state index < -0.39 is 0 Å². The molecule has 1 N–H and O–H groups in total. The average molecular weight is 269 g/mol. The zero-order valence-corrected chi connectivity index (χ0v) is 12.3. The molecule has 1 fully saturated rings. The van der Waals surface area contributed by atoms with E-state index in [1.807, 2.05) is 6.20 Å². The van der Waals surface area contributed by atoms with Crippen molar-refractivity contribution in [3.63, 3.8) is 0 Å². The van der Waals surface area contributed by atoms with Crippen molar-refractivity contribution in [2.75, 3.05) is 31.2 Å². The van der Waals surface area contributed by atoms with Gasteiger partial charge in [0.05, 0.1) is 19.3 Å². The first-order chi connectivity index (χ1) is 8.66. The first kappa shape index (κ1) is 13.8. The van der Waals surface area contributed by atoms with Crippen LogP contribution in [-0.2, 0) is 11.3 Å². The maximum atomic E-state index is 5.45. The van der Waals surface area contributed by atoms with E-state index in [0.29, 0.717) is 12.0 Å². The molecule has 2 heterocycles. The van der Waals surface area contributed by atoms with Gasteiger partial charge in [-0.2, -0.15) is 0 Å². The van der Waals surface area contributed by atoms with Gasteiger partial charge in [0.25, 0.3) is 0 Å². The highest BCUT2D eigenvalue weighted by Crippen LogP contribution is 2.25. The van der Waals surface area contributed by atoms with Crippen LogP contribution in [0.3, 0.4) is 0 Å². The highest BCUT2D eigenvalue weighted by Gasteiger charge is 2.21. The molecule has 0 aliphatic carbocycles. The summed E-state index contributed by atoms with van der Waals surface area (Å²) in [6.07, 6.45) is 2.00. The van der Waals surface area contributed by atoms with Gasteiger partial charge in [-0.15, -0.1) is 11.3 Å². The summed E-state index contributed by atoms with van der Waals surface area (Å²) in [6.45, 7) is 11.2. The topological polar surface area (TPSA) is 37.4 Å². The van der Waals surface area contributed by atoms with Gasteiger partial charge in [0.2, 0.25) is 0 Å². The van der Waals surface area contributed by atoms with E-state index in [-0.39, 0.29) is 0 Å². The normalized spacial score (nSPS) is 20.7. The minimum Gasteiger partial charge on any atom is -0.377 e. The lowest BCUT2D eigenvalue weighted by Gasteiger charge is -2.32. The summed E-state index contributed by atoms with van der Waals surface area (Å²) in [7, 11) is 0. The van der Waals surface area contributed by atoms with E-state index in [2.05, 4.69) is 36.0 Å². The van der Waals surface area contributed by atoms with Gasteiger partial charge in [-0.25, -0.2) is 4.98 Å². The van der Waals surface area contributed by atoms with Crippen LogP contribution in [0.1, 0.15) is 25.6 Å². The molecule has 1 unspecified atom stereocenters. The number of thiazole rings is 1. The van der Waals surface area contributed by atoms with Crippen LogP contribution in [0.4, 0.5) is 5.13 Å². The van der Waals surface area contributed by atoms with Crippen LogP contribution in [0.25, 0.3) is 0 Å². The molecule has 0 aromatic carbocycles. The Morgan fingerprint density at radius 1 is 1.61 bits per heavy atom. The van der Waals surface area contributed by atoms with Gasteiger partial charge in [-0.1, -0.05) is 13.8 Å². The number of hydrogen-bond acceptors (Lipinski definition) is 5. The average Bonchev–Trinajstić information content (AvgIpc) is 2.78. The number of rotatable bonds is 5. The summed E-state index contributed by atoms with van der Waals surface area (Å²) in [5, 5.41) is 4.59. The molecule has 2 rings (SSSR count). The minimum absolute atomic E-state index is 0.432. The Bertz CT molecular complexity index is 367. The third-order valence-electron chi connectivity index (χ3n) is 3.01. The van der Waals surface area contributed by atoms with E-state index in [0.717, 1.165) is 38.0 Å². The summed E-state index contributed by atoms with van der Waals surface area (Å²) in [4.78, 5) is 8.19. The van der Waals surface area contributed by atoms with Crippen LogP contribution in [-0.4, -0.2) is 37.3 Å². The number of anilines is 1. The first-order valence-electron chi connectivity index (χ1n) is 6.66. The molecule has 1 aromatic heterocycles. The Hall–Kier alpha value is -0.650. The Kier molecular flexibility index (Phi) is 4.97. The van der Waals surface area contributed by atoms with Crippen LogP contribution < -0.4 is 10.2 Å². The van der Waals surface area contributed by atoms with Gasteiger partial charge in [0, 0.05) is 24.2 Å². The number of aromatic nitrogens is 1. The Morgan fingerprint density at radius 2 is 2.44 bits per heavy atom. The van der Waals surface area contributed by atoms with E-state index in [1.165, 1.54) is 4.88 Å². The molecule has 0 spiro atoms. The van der Waals surface area contributed by atoms with E-state index in [9.17, 15) is 0 Å². The van der Waals surface area contributed by atoms with E-state index >= 15 is 0 Å². The predicted octanol–water partition coefficient (Wildman–Crippen LogP) is 2.11. The molecule has 1 atom stereocenters. The lowest BCUT2D eigenvalue weighted by molar-refractivity contribution is 0.0989. The summed E-state index contributed by atoms with van der Waals surface area (Å²) < 4.78 is 5.45. The SMILES string of the molecule is CC(C)CNCc1cnc(N2CCOCC2C)s1. The molecule has 1 aromatic rings. The zero-order valence-electron chi connectivity index (χ0n) is 11.5. The van der Waals surface area contributed by atoms with Crippen molar-refractivity contribution in [3.8, 4) is 0 Å². The molecule has 0 radical (unpaired) electrons. The smallest absolute Gasteiger partial charge is 0.185 e. The quantitative estimate of drug-likeness (QED) is 0.888. The van der Waals surface area contributed by atoms with Crippen LogP contribution in [0.2, 0.25) is 0 Å². The molecule has 1 aliphatic rings. The monoisotopic (exact) mass is 269 g/mol. The van der Waals surface area contributed by atoms with Crippen LogP contribution in [0, 0.1) is 5.92 Å². The van der Waals surface area contributed by atoms with Crippen molar-refractivity contribution in [1.29, 1.82) is 0 Å². The second kappa shape index (κ2) is 6.50. The molecule has 4 nitrogen and oxygen atoms in total. The molecule has 1 saturated heterocycles. The summed E-state index contributed by atoms with van der Waals surface area (Å²) in [5.41, 5.74) is 0. The number of hydrogen-bond donors (Lipinski definition) is 1. The van der Waals surface area contributed by atoms with Crippen LogP contribution >= 0.6 is 11.3 Å². The minimum atomic E-state index is 0.432. The van der Waals surface area contributed by atoms with Gasteiger partial charge in [-0.05, 0) is 19.4 Å². The molecule has 5 heteroatoms. The van der Waals surface area contributed by atoms with Gasteiger partial charge in [0.1, 0.15) is 0 Å². The van der Waals surface area contributed by atoms with E-state index in [4.69, 9.17) is 4.74 Å². The zero-order chi connectivity index (χ0) is 13.0. The number of nitrogens with one attached hydrogen (secondary N) is 1. The standard InChI is InChI=1S/C13H23N3OS/c1-10(2)6-14-7-12-8-15-13(18-12)16-4-5-17-9-11(16)3/h8,10-11,14H,4-7,9H2,1-3H3. The van der Waals surface area contributed by atoms with Gasteiger partial charge in [0.15, 0.2) is 5.13 Å². The fraction of sp³-hybridized carbons (Fsp3) is 0.769. The van der Waals surface area contributed by atoms with Crippen molar-refractivity contribution < 1.29 is 4.74 Å². The third-order valence-corrected chi connectivity index (χ3v) is 4.04. The lowest BCUT2D eigenvalue weighted by atomic mass is 10.2. The number of morpholine rings is 1. The molecule has 1 aliphatic heterocycles. The largest absolute Gasteiger partial charge is 0.377 e. The van der Waals surface area contributed by atoms with Crippen LogP contribution in [0.5, 0.6) is 0 Å². The Balaban J connectivity index is 1.88. The van der Waals surface area contributed by atoms with E-state index in [1.54, 1.807) is 11.3 Å². The molecular weight excluding hydrogens is 246 g/mol. The Morgan fingerprint density at radius 3 is 3.17 bits per heavy atom. The van der Waals surface area contributed by atoms with Gasteiger partial charge >= 0.3 is 0 Å². The summed E-state index contributed by atoms with van der Waals surface area (Å²) in [5.74, 6) is 0.691. The molecule has 102 valence electrons. The molecular formula is C13H23N3OS.